The number of hydrogen-bond acceptors (Lipinski definition) is 7. The molecule has 2 heterocycles. The second-order valence-corrected chi connectivity index (χ2v) is 4.98. The van der Waals surface area contributed by atoms with Crippen LogP contribution in [0.5, 0.6) is 5.75 Å². The summed E-state index contributed by atoms with van der Waals surface area (Å²) in [6.45, 7) is 0. The van der Waals surface area contributed by atoms with Gasteiger partial charge in [-0.3, -0.25) is 4.98 Å². The van der Waals surface area contributed by atoms with Crippen LogP contribution in [0.1, 0.15) is 5.56 Å². The van der Waals surface area contributed by atoms with Crippen LogP contribution in [0.3, 0.4) is 0 Å². The van der Waals surface area contributed by atoms with Gasteiger partial charge in [-0.2, -0.15) is 9.94 Å². The SMILES string of the molecule is N#Cc1ccncc1Sc1nnnn1-c1ccc(O)cc1. The third-order valence-electron chi connectivity index (χ3n) is 2.64. The minimum Gasteiger partial charge on any atom is -0.508 e. The highest BCUT2D eigenvalue weighted by molar-refractivity contribution is 7.99. The van der Waals surface area contributed by atoms with E-state index in [-0.39, 0.29) is 5.75 Å². The largest absolute Gasteiger partial charge is 0.508 e. The zero-order valence-electron chi connectivity index (χ0n) is 10.6. The molecule has 2 aromatic heterocycles. The summed E-state index contributed by atoms with van der Waals surface area (Å²) < 4.78 is 1.53. The molecule has 0 unspecified atom stereocenters. The highest BCUT2D eigenvalue weighted by Crippen LogP contribution is 2.29. The zero-order chi connectivity index (χ0) is 14.7. The summed E-state index contributed by atoms with van der Waals surface area (Å²) in [5.74, 6) is 0.167. The van der Waals surface area contributed by atoms with E-state index in [1.54, 1.807) is 42.7 Å². The number of nitriles is 1. The Morgan fingerprint density at radius 2 is 2.00 bits per heavy atom. The van der Waals surface area contributed by atoms with E-state index >= 15 is 0 Å². The number of hydrogen-bond donors (Lipinski definition) is 1. The number of aromatic nitrogens is 5. The van der Waals surface area contributed by atoms with Crippen molar-refractivity contribution in [2.24, 2.45) is 0 Å². The molecule has 3 aromatic rings. The molecule has 1 aromatic carbocycles. The van der Waals surface area contributed by atoms with Crippen molar-refractivity contribution in [3.63, 3.8) is 0 Å². The Morgan fingerprint density at radius 3 is 2.76 bits per heavy atom. The lowest BCUT2D eigenvalue weighted by molar-refractivity contribution is 0.475. The standard InChI is InChI=1S/C13H8N6OS/c14-7-9-5-6-15-8-12(9)21-13-16-17-18-19(13)10-1-3-11(20)4-2-10/h1-6,8,20H. The van der Waals surface area contributed by atoms with E-state index in [1.807, 2.05) is 0 Å². The monoisotopic (exact) mass is 296 g/mol. The predicted octanol–water partition coefficient (Wildman–Crippen LogP) is 1.79. The van der Waals surface area contributed by atoms with Gasteiger partial charge >= 0.3 is 0 Å². The number of nitrogens with zero attached hydrogens (tertiary/aromatic N) is 6. The second-order valence-electron chi connectivity index (χ2n) is 3.98. The van der Waals surface area contributed by atoms with Gasteiger partial charge < -0.3 is 5.11 Å². The van der Waals surface area contributed by atoms with Gasteiger partial charge in [-0.05, 0) is 52.5 Å². The maximum Gasteiger partial charge on any atom is 0.219 e. The third-order valence-corrected chi connectivity index (χ3v) is 3.62. The second kappa shape index (κ2) is 5.60. The summed E-state index contributed by atoms with van der Waals surface area (Å²) in [6, 6.07) is 10.2. The smallest absolute Gasteiger partial charge is 0.219 e. The fraction of sp³-hybridized carbons (Fsp3) is 0. The number of tetrazole rings is 1. The van der Waals surface area contributed by atoms with Crippen LogP contribution in [0.15, 0.2) is 52.8 Å². The fourth-order valence-electron chi connectivity index (χ4n) is 1.65. The van der Waals surface area contributed by atoms with Crippen LogP contribution >= 0.6 is 11.8 Å². The van der Waals surface area contributed by atoms with Crippen molar-refractivity contribution in [3.05, 3.63) is 48.3 Å². The number of phenols is 1. The van der Waals surface area contributed by atoms with Crippen LogP contribution in [0.25, 0.3) is 5.69 Å². The van der Waals surface area contributed by atoms with Crippen LogP contribution in [-0.4, -0.2) is 30.3 Å². The van der Waals surface area contributed by atoms with Crippen molar-refractivity contribution in [1.29, 1.82) is 5.26 Å². The minimum atomic E-state index is 0.167. The first-order valence-corrected chi connectivity index (χ1v) is 6.69. The molecule has 0 amide bonds. The molecule has 3 rings (SSSR count). The summed E-state index contributed by atoms with van der Waals surface area (Å²) in [7, 11) is 0. The van der Waals surface area contributed by atoms with Crippen molar-refractivity contribution in [2.45, 2.75) is 10.1 Å². The van der Waals surface area contributed by atoms with Crippen LogP contribution in [0.2, 0.25) is 0 Å². The van der Waals surface area contributed by atoms with Crippen LogP contribution in [0, 0.1) is 11.3 Å². The van der Waals surface area contributed by atoms with Gasteiger partial charge in [0, 0.05) is 12.4 Å². The summed E-state index contributed by atoms with van der Waals surface area (Å²) in [6.07, 6.45) is 3.16. The number of aromatic hydroxyl groups is 1. The zero-order valence-corrected chi connectivity index (χ0v) is 11.4. The average Bonchev–Trinajstić information content (AvgIpc) is 2.97. The summed E-state index contributed by atoms with van der Waals surface area (Å²) >= 11 is 1.25. The van der Waals surface area contributed by atoms with Gasteiger partial charge in [0.25, 0.3) is 0 Å². The Balaban J connectivity index is 1.96. The van der Waals surface area contributed by atoms with Crippen molar-refractivity contribution in [1.82, 2.24) is 25.2 Å². The van der Waals surface area contributed by atoms with Gasteiger partial charge in [0.1, 0.15) is 11.8 Å². The van der Waals surface area contributed by atoms with Crippen LogP contribution in [-0.2, 0) is 0 Å². The van der Waals surface area contributed by atoms with E-state index in [1.165, 1.54) is 16.4 Å². The van der Waals surface area contributed by atoms with Crippen molar-refractivity contribution in [2.75, 3.05) is 0 Å². The third kappa shape index (κ3) is 2.68. The molecule has 0 radical (unpaired) electrons. The van der Waals surface area contributed by atoms with E-state index in [2.05, 4.69) is 26.6 Å². The van der Waals surface area contributed by atoms with Gasteiger partial charge in [0.2, 0.25) is 5.16 Å². The molecule has 21 heavy (non-hydrogen) atoms. The van der Waals surface area contributed by atoms with Crippen LogP contribution in [0.4, 0.5) is 0 Å². The lowest BCUT2D eigenvalue weighted by Gasteiger charge is -2.05. The van der Waals surface area contributed by atoms with E-state index in [0.717, 1.165) is 0 Å². The lowest BCUT2D eigenvalue weighted by Crippen LogP contribution is -1.98. The van der Waals surface area contributed by atoms with Gasteiger partial charge in [0.05, 0.1) is 16.1 Å². The predicted molar refractivity (Wildman–Crippen MR) is 73.9 cm³/mol. The Labute approximate surface area is 123 Å². The number of pyridine rings is 1. The number of phenolic OH excluding ortho intramolecular Hbond substituents is 1. The van der Waals surface area contributed by atoms with Gasteiger partial charge in [-0.15, -0.1) is 5.10 Å². The number of benzene rings is 1. The summed E-state index contributed by atoms with van der Waals surface area (Å²) in [5, 5.41) is 30.4. The molecular formula is C13H8N6OS. The molecule has 0 aliphatic rings. The molecule has 0 aliphatic carbocycles. The Morgan fingerprint density at radius 1 is 1.19 bits per heavy atom. The maximum atomic E-state index is 9.32. The van der Waals surface area contributed by atoms with E-state index in [0.29, 0.717) is 21.3 Å². The molecular weight excluding hydrogens is 288 g/mol. The van der Waals surface area contributed by atoms with Crippen molar-refractivity contribution in [3.8, 4) is 17.5 Å². The van der Waals surface area contributed by atoms with Gasteiger partial charge in [-0.1, -0.05) is 0 Å². The fourth-order valence-corrected chi connectivity index (χ4v) is 2.49. The first-order valence-electron chi connectivity index (χ1n) is 5.87. The quantitative estimate of drug-likeness (QED) is 0.786. The topological polar surface area (TPSA) is 101 Å². The first-order chi connectivity index (χ1) is 10.3. The van der Waals surface area contributed by atoms with E-state index in [9.17, 15) is 5.11 Å². The molecule has 8 heteroatoms. The first kappa shape index (κ1) is 13.1. The Kier molecular flexibility index (Phi) is 3.49. The molecule has 7 nitrogen and oxygen atoms in total. The molecule has 0 atom stereocenters. The maximum absolute atomic E-state index is 9.32. The molecule has 0 aliphatic heterocycles. The lowest BCUT2D eigenvalue weighted by atomic mass is 10.3. The summed E-state index contributed by atoms with van der Waals surface area (Å²) in [5.41, 5.74) is 1.22. The highest BCUT2D eigenvalue weighted by Gasteiger charge is 2.12. The number of rotatable bonds is 3. The minimum absolute atomic E-state index is 0.167. The molecule has 0 saturated heterocycles. The van der Waals surface area contributed by atoms with Crippen molar-refractivity contribution >= 4 is 11.8 Å². The van der Waals surface area contributed by atoms with E-state index < -0.39 is 0 Å². The molecule has 102 valence electrons. The molecule has 1 N–H and O–H groups in total. The molecule has 0 bridgehead atoms. The van der Waals surface area contributed by atoms with Crippen molar-refractivity contribution < 1.29 is 5.11 Å². The van der Waals surface area contributed by atoms with E-state index in [4.69, 9.17) is 5.26 Å². The van der Waals surface area contributed by atoms with Gasteiger partial charge in [-0.25, -0.2) is 0 Å². The van der Waals surface area contributed by atoms with Gasteiger partial charge in [0.15, 0.2) is 0 Å². The molecule has 0 saturated carbocycles. The average molecular weight is 296 g/mol. The molecule has 0 fully saturated rings. The highest BCUT2D eigenvalue weighted by atomic mass is 32.2. The Hall–Kier alpha value is -2.92. The molecule has 0 spiro atoms. The normalized spacial score (nSPS) is 10.2. The van der Waals surface area contributed by atoms with Crippen LogP contribution < -0.4 is 0 Å². The summed E-state index contributed by atoms with van der Waals surface area (Å²) in [4.78, 5) is 4.68. The Bertz CT molecular complexity index is 808.